The fraction of sp³-hybridized carbons (Fsp3) is 0.406. The van der Waals surface area contributed by atoms with Crippen LogP contribution in [0.15, 0.2) is 34.7 Å². The number of pyridine rings is 1. The summed E-state index contributed by atoms with van der Waals surface area (Å²) in [6.45, 7) is 3.17. The highest BCUT2D eigenvalue weighted by Gasteiger charge is 2.45. The standard InChI is InChI=1S/C32H31F2N5O4S/c1-17-37-38-31(43-17)26-22(10-8-19-5-2-3-14-42-19)36-29-23-6-4-13-39(23)32(41)28(29)27(26)24-11-12-25(44-24)30(40)35-16-18-7-9-20(33)21(34)15-18/h7,9,11-12,15,19,23H,2-6,8,10,13-14,16H2,1H3,(H,35,40). The molecule has 4 aromatic rings. The number of fused-ring (bicyclic) bond motifs is 3. The number of carbonyl (C=O) groups excluding carboxylic acids is 2. The average molecular weight is 620 g/mol. The molecule has 1 aromatic carbocycles. The van der Waals surface area contributed by atoms with Crippen LogP contribution in [0.25, 0.3) is 21.9 Å². The van der Waals surface area contributed by atoms with E-state index in [4.69, 9.17) is 14.1 Å². The van der Waals surface area contributed by atoms with Crippen LogP contribution in [0.3, 0.4) is 0 Å². The molecule has 6 heterocycles. The highest BCUT2D eigenvalue weighted by molar-refractivity contribution is 7.17. The smallest absolute Gasteiger partial charge is 0.261 e. The molecule has 2 fully saturated rings. The Morgan fingerprint density at radius 1 is 1.07 bits per heavy atom. The zero-order valence-electron chi connectivity index (χ0n) is 24.2. The normalized spacial score (nSPS) is 19.3. The molecule has 1 N–H and O–H groups in total. The molecule has 3 aliphatic rings. The average Bonchev–Trinajstić information content (AvgIpc) is 3.84. The van der Waals surface area contributed by atoms with Crippen molar-refractivity contribution in [3.63, 3.8) is 0 Å². The number of halogens is 2. The molecule has 7 rings (SSSR count). The van der Waals surface area contributed by atoms with Gasteiger partial charge in [0.1, 0.15) is 0 Å². The van der Waals surface area contributed by atoms with E-state index in [0.29, 0.717) is 50.9 Å². The molecule has 0 spiro atoms. The second kappa shape index (κ2) is 11.8. The summed E-state index contributed by atoms with van der Waals surface area (Å²) in [7, 11) is 0. The van der Waals surface area contributed by atoms with Gasteiger partial charge in [-0.1, -0.05) is 6.07 Å². The third-order valence-electron chi connectivity index (χ3n) is 8.57. The van der Waals surface area contributed by atoms with E-state index in [9.17, 15) is 18.4 Å². The molecule has 12 heteroatoms. The molecule has 0 aliphatic carbocycles. The number of rotatable bonds is 8. The number of hydrogen-bond acceptors (Lipinski definition) is 8. The number of hydrogen-bond donors (Lipinski definition) is 1. The summed E-state index contributed by atoms with van der Waals surface area (Å²) in [6, 6.07) is 6.96. The molecular weight excluding hydrogens is 588 g/mol. The molecule has 2 unspecified atom stereocenters. The largest absolute Gasteiger partial charge is 0.421 e. The van der Waals surface area contributed by atoms with Crippen LogP contribution in [0.4, 0.5) is 8.78 Å². The molecule has 0 radical (unpaired) electrons. The van der Waals surface area contributed by atoms with Gasteiger partial charge in [0.15, 0.2) is 11.6 Å². The van der Waals surface area contributed by atoms with Crippen molar-refractivity contribution in [2.24, 2.45) is 0 Å². The monoisotopic (exact) mass is 619 g/mol. The first kappa shape index (κ1) is 28.7. The quantitative estimate of drug-likeness (QED) is 0.251. The number of amides is 2. The van der Waals surface area contributed by atoms with Crippen LogP contribution in [0, 0.1) is 18.6 Å². The second-order valence-electron chi connectivity index (χ2n) is 11.5. The maximum absolute atomic E-state index is 13.9. The molecule has 0 bridgehead atoms. The summed E-state index contributed by atoms with van der Waals surface area (Å²) in [4.78, 5) is 35.2. The first-order chi connectivity index (χ1) is 21.4. The molecule has 2 amide bonds. The number of nitrogens with zero attached hydrogens (tertiary/aromatic N) is 4. The third kappa shape index (κ3) is 5.30. The first-order valence-corrected chi connectivity index (χ1v) is 15.8. The lowest BCUT2D eigenvalue weighted by Crippen LogP contribution is -2.23. The third-order valence-corrected chi connectivity index (χ3v) is 9.68. The van der Waals surface area contributed by atoms with Gasteiger partial charge in [0.25, 0.3) is 11.8 Å². The van der Waals surface area contributed by atoms with Crippen LogP contribution >= 0.6 is 11.3 Å². The summed E-state index contributed by atoms with van der Waals surface area (Å²) in [6.07, 6.45) is 6.47. The molecule has 3 aromatic heterocycles. The van der Waals surface area contributed by atoms with Gasteiger partial charge in [-0.15, -0.1) is 21.5 Å². The molecule has 9 nitrogen and oxygen atoms in total. The van der Waals surface area contributed by atoms with E-state index in [1.165, 1.54) is 17.4 Å². The predicted molar refractivity (Wildman–Crippen MR) is 158 cm³/mol. The summed E-state index contributed by atoms with van der Waals surface area (Å²) < 4.78 is 39.0. The Labute approximate surface area is 256 Å². The number of nitrogens with one attached hydrogen (secondary N) is 1. The van der Waals surface area contributed by atoms with Crippen molar-refractivity contribution in [2.75, 3.05) is 13.2 Å². The minimum atomic E-state index is -0.971. The summed E-state index contributed by atoms with van der Waals surface area (Å²) in [5.41, 5.74) is 3.77. The van der Waals surface area contributed by atoms with Crippen molar-refractivity contribution >= 4 is 23.2 Å². The minimum absolute atomic E-state index is 0.0307. The van der Waals surface area contributed by atoms with Gasteiger partial charge < -0.3 is 19.4 Å². The van der Waals surface area contributed by atoms with Crippen molar-refractivity contribution in [2.45, 2.75) is 70.6 Å². The first-order valence-electron chi connectivity index (χ1n) is 15.0. The highest BCUT2D eigenvalue weighted by atomic mass is 32.1. The Kier molecular flexibility index (Phi) is 7.71. The summed E-state index contributed by atoms with van der Waals surface area (Å²) in [5.74, 6) is -1.69. The van der Waals surface area contributed by atoms with Gasteiger partial charge >= 0.3 is 0 Å². The van der Waals surface area contributed by atoms with Crippen LogP contribution < -0.4 is 5.32 Å². The van der Waals surface area contributed by atoms with Gasteiger partial charge in [-0.2, -0.15) is 0 Å². The number of aromatic nitrogens is 3. The number of thiophene rings is 1. The van der Waals surface area contributed by atoms with Crippen LogP contribution in [-0.4, -0.2) is 51.2 Å². The van der Waals surface area contributed by atoms with Gasteiger partial charge in [0, 0.05) is 37.1 Å². The lowest BCUT2D eigenvalue weighted by Gasteiger charge is -2.23. The van der Waals surface area contributed by atoms with E-state index >= 15 is 0 Å². The Morgan fingerprint density at radius 2 is 1.95 bits per heavy atom. The lowest BCUT2D eigenvalue weighted by molar-refractivity contribution is 0.0114. The van der Waals surface area contributed by atoms with E-state index in [-0.39, 0.29) is 36.4 Å². The maximum atomic E-state index is 13.9. The van der Waals surface area contributed by atoms with Crippen LogP contribution in [0.5, 0.6) is 0 Å². The zero-order valence-corrected chi connectivity index (χ0v) is 25.0. The van der Waals surface area contributed by atoms with Crippen LogP contribution in [-0.2, 0) is 17.7 Å². The predicted octanol–water partition coefficient (Wildman–Crippen LogP) is 6.17. The second-order valence-corrected chi connectivity index (χ2v) is 12.6. The number of carbonyl (C=O) groups is 2. The lowest BCUT2D eigenvalue weighted by atomic mass is 9.92. The summed E-state index contributed by atoms with van der Waals surface area (Å²) >= 11 is 1.24. The van der Waals surface area contributed by atoms with Gasteiger partial charge in [0.2, 0.25) is 11.8 Å². The summed E-state index contributed by atoms with van der Waals surface area (Å²) in [5, 5.41) is 11.2. The van der Waals surface area contributed by atoms with E-state index < -0.39 is 11.6 Å². The van der Waals surface area contributed by atoms with Crippen molar-refractivity contribution in [1.82, 2.24) is 25.4 Å². The van der Waals surface area contributed by atoms with E-state index in [1.54, 1.807) is 13.0 Å². The molecule has 2 saturated heterocycles. The number of aryl methyl sites for hydroxylation is 2. The van der Waals surface area contributed by atoms with Crippen molar-refractivity contribution in [1.29, 1.82) is 0 Å². The molecule has 0 saturated carbocycles. The highest BCUT2D eigenvalue weighted by Crippen LogP contribution is 2.49. The van der Waals surface area contributed by atoms with Crippen LogP contribution in [0.1, 0.15) is 87.4 Å². The van der Waals surface area contributed by atoms with E-state index in [1.807, 2.05) is 11.0 Å². The van der Waals surface area contributed by atoms with E-state index in [0.717, 1.165) is 68.7 Å². The van der Waals surface area contributed by atoms with E-state index in [2.05, 4.69) is 15.5 Å². The molecule has 2 atom stereocenters. The SMILES string of the molecule is Cc1nnc(-c2c(CCC3CCCCO3)nc3c(c2-c2ccc(C(=O)NCc4ccc(F)c(F)c4)s2)C(=O)N2CCCC32)o1. The van der Waals surface area contributed by atoms with Gasteiger partial charge in [-0.3, -0.25) is 14.6 Å². The molecule has 228 valence electrons. The van der Waals surface area contributed by atoms with Crippen LogP contribution in [0.2, 0.25) is 0 Å². The minimum Gasteiger partial charge on any atom is -0.421 e. The Hall–Kier alpha value is -4.03. The Balaban J connectivity index is 1.29. The van der Waals surface area contributed by atoms with Gasteiger partial charge in [-0.05, 0) is 74.8 Å². The zero-order chi connectivity index (χ0) is 30.4. The number of ether oxygens (including phenoxy) is 1. The molecule has 3 aliphatic heterocycles. The maximum Gasteiger partial charge on any atom is 0.261 e. The van der Waals surface area contributed by atoms with Gasteiger partial charge in [-0.25, -0.2) is 8.78 Å². The Morgan fingerprint density at radius 3 is 2.73 bits per heavy atom. The Bertz CT molecular complexity index is 1750. The van der Waals surface area contributed by atoms with Crippen molar-refractivity contribution in [3.05, 3.63) is 75.2 Å². The number of benzene rings is 1. The molecular formula is C32H31F2N5O4S. The van der Waals surface area contributed by atoms with Crippen molar-refractivity contribution < 1.29 is 27.5 Å². The van der Waals surface area contributed by atoms with Gasteiger partial charge in [0.05, 0.1) is 39.5 Å². The van der Waals surface area contributed by atoms with Crippen molar-refractivity contribution in [3.8, 4) is 21.9 Å². The topological polar surface area (TPSA) is 110 Å². The fourth-order valence-electron chi connectivity index (χ4n) is 6.45. The fourth-order valence-corrected chi connectivity index (χ4v) is 7.43. The molecule has 44 heavy (non-hydrogen) atoms.